The summed E-state index contributed by atoms with van der Waals surface area (Å²) in [6.07, 6.45) is 3.48. The van der Waals surface area contributed by atoms with Crippen LogP contribution in [0.4, 0.5) is 21.7 Å². The molecule has 1 amide bonds. The molecule has 1 atom stereocenters. The number of hydrogen-bond acceptors (Lipinski definition) is 6. The minimum atomic E-state index is -0.786. The number of carbonyl (C=O) groups excluding carboxylic acids is 1. The molecule has 0 bridgehead atoms. The highest BCUT2D eigenvalue weighted by molar-refractivity contribution is 5.98. The van der Waals surface area contributed by atoms with E-state index in [9.17, 15) is 9.18 Å². The topological polar surface area (TPSA) is 124 Å². The van der Waals surface area contributed by atoms with E-state index in [4.69, 9.17) is 11.5 Å². The van der Waals surface area contributed by atoms with E-state index in [1.165, 1.54) is 0 Å². The lowest BCUT2D eigenvalue weighted by atomic mass is 10.2. The first-order valence-corrected chi connectivity index (χ1v) is 8.31. The summed E-state index contributed by atoms with van der Waals surface area (Å²) in [5.74, 6) is -1.33. The van der Waals surface area contributed by atoms with Crippen molar-refractivity contribution in [3.8, 4) is 5.69 Å². The molecule has 0 aliphatic rings. The van der Waals surface area contributed by atoms with Crippen molar-refractivity contribution in [1.29, 1.82) is 0 Å². The van der Waals surface area contributed by atoms with Crippen LogP contribution < -0.4 is 22.1 Å². The number of nitrogens with zero attached hydrogens (tertiary/aromatic N) is 3. The number of halogens is 1. The zero-order valence-electron chi connectivity index (χ0n) is 14.7. The van der Waals surface area contributed by atoms with E-state index in [1.807, 2.05) is 24.3 Å². The Hall–Kier alpha value is -3.46. The molecular weight excluding hydrogens is 349 g/mol. The van der Waals surface area contributed by atoms with Crippen molar-refractivity contribution >= 4 is 23.2 Å². The van der Waals surface area contributed by atoms with E-state index in [2.05, 4.69) is 20.7 Å². The third-order valence-corrected chi connectivity index (χ3v) is 3.71. The van der Waals surface area contributed by atoms with E-state index >= 15 is 0 Å². The van der Waals surface area contributed by atoms with Crippen LogP contribution in [0.2, 0.25) is 0 Å². The van der Waals surface area contributed by atoms with Gasteiger partial charge in [-0.05, 0) is 37.3 Å². The van der Waals surface area contributed by atoms with Crippen LogP contribution in [0.5, 0.6) is 0 Å². The molecule has 2 heterocycles. The third kappa shape index (κ3) is 4.39. The van der Waals surface area contributed by atoms with Gasteiger partial charge in [-0.1, -0.05) is 6.07 Å². The molecule has 9 heteroatoms. The van der Waals surface area contributed by atoms with Gasteiger partial charge in [-0.3, -0.25) is 4.79 Å². The Morgan fingerprint density at radius 2 is 2.11 bits per heavy atom. The Labute approximate surface area is 155 Å². The third-order valence-electron chi connectivity index (χ3n) is 3.71. The minimum Gasteiger partial charge on any atom is -0.366 e. The molecule has 0 spiro atoms. The summed E-state index contributed by atoms with van der Waals surface area (Å²) in [5, 5.41) is 10.0. The Bertz CT molecular complexity index is 941. The van der Waals surface area contributed by atoms with Gasteiger partial charge in [-0.2, -0.15) is 5.10 Å². The second-order valence-corrected chi connectivity index (χ2v) is 6.06. The standard InChI is InChI=1S/C18H20FN7O/c1-11(20)10-22-18-15(19)9-14(16(21)27)17(25-18)24-12-4-2-5-13(8-12)26-7-3-6-23-26/h2-9,11H,10,20H2,1H3,(H2,21,27)(H2,22,24,25)/t11-/m0/s1. The monoisotopic (exact) mass is 369 g/mol. The van der Waals surface area contributed by atoms with Crippen LogP contribution in [-0.4, -0.2) is 33.3 Å². The Morgan fingerprint density at radius 3 is 2.78 bits per heavy atom. The number of aromatic nitrogens is 3. The summed E-state index contributed by atoms with van der Waals surface area (Å²) in [6, 6.07) is 9.98. The highest BCUT2D eigenvalue weighted by Gasteiger charge is 2.16. The molecule has 8 nitrogen and oxygen atoms in total. The first-order valence-electron chi connectivity index (χ1n) is 8.31. The average molecular weight is 369 g/mol. The summed E-state index contributed by atoms with van der Waals surface area (Å²) in [4.78, 5) is 15.9. The molecule has 0 unspecified atom stereocenters. The maximum Gasteiger partial charge on any atom is 0.252 e. The molecule has 3 rings (SSSR count). The fourth-order valence-electron chi connectivity index (χ4n) is 2.44. The highest BCUT2D eigenvalue weighted by atomic mass is 19.1. The molecule has 0 saturated carbocycles. The number of nitrogens with one attached hydrogen (secondary N) is 2. The number of hydrogen-bond donors (Lipinski definition) is 4. The lowest BCUT2D eigenvalue weighted by Crippen LogP contribution is -2.26. The van der Waals surface area contributed by atoms with Gasteiger partial charge in [0.05, 0.1) is 11.3 Å². The number of carbonyl (C=O) groups is 1. The molecule has 140 valence electrons. The number of primary amides is 1. The summed E-state index contributed by atoms with van der Waals surface area (Å²) >= 11 is 0. The van der Waals surface area contributed by atoms with Crippen LogP contribution in [0, 0.1) is 5.82 Å². The van der Waals surface area contributed by atoms with Crippen LogP contribution in [0.3, 0.4) is 0 Å². The Kier molecular flexibility index (Phi) is 5.32. The number of amides is 1. The fraction of sp³-hybridized carbons (Fsp3) is 0.167. The van der Waals surface area contributed by atoms with E-state index in [-0.39, 0.29) is 23.2 Å². The number of nitrogens with two attached hydrogens (primary N) is 2. The summed E-state index contributed by atoms with van der Waals surface area (Å²) < 4.78 is 15.9. The maximum atomic E-state index is 14.2. The minimum absolute atomic E-state index is 0.0111. The van der Waals surface area contributed by atoms with E-state index < -0.39 is 11.7 Å². The van der Waals surface area contributed by atoms with E-state index in [0.29, 0.717) is 12.2 Å². The SMILES string of the molecule is C[C@H](N)CNc1nc(Nc2cccc(-n3cccn3)c2)c(C(N)=O)cc1F. The number of pyridine rings is 1. The summed E-state index contributed by atoms with van der Waals surface area (Å²) in [7, 11) is 0. The fourth-order valence-corrected chi connectivity index (χ4v) is 2.44. The zero-order valence-corrected chi connectivity index (χ0v) is 14.7. The molecule has 0 saturated heterocycles. The zero-order chi connectivity index (χ0) is 19.4. The summed E-state index contributed by atoms with van der Waals surface area (Å²) in [6.45, 7) is 2.11. The molecule has 0 fully saturated rings. The van der Waals surface area contributed by atoms with Gasteiger partial charge in [0, 0.05) is 30.7 Å². The van der Waals surface area contributed by atoms with Gasteiger partial charge in [0.15, 0.2) is 11.6 Å². The molecule has 1 aromatic carbocycles. The van der Waals surface area contributed by atoms with Crippen LogP contribution in [0.25, 0.3) is 5.69 Å². The molecule has 27 heavy (non-hydrogen) atoms. The molecule has 0 aliphatic heterocycles. The molecule has 0 aliphatic carbocycles. The van der Waals surface area contributed by atoms with Gasteiger partial charge in [-0.25, -0.2) is 14.1 Å². The molecule has 3 aromatic rings. The molecule has 2 aromatic heterocycles. The van der Waals surface area contributed by atoms with Gasteiger partial charge < -0.3 is 22.1 Å². The average Bonchev–Trinajstić information content (AvgIpc) is 3.16. The predicted octanol–water partition coefficient (Wildman–Crippen LogP) is 2.01. The lowest BCUT2D eigenvalue weighted by molar-refractivity contribution is 0.100. The Balaban J connectivity index is 1.94. The van der Waals surface area contributed by atoms with Crippen molar-refractivity contribution in [2.75, 3.05) is 17.2 Å². The van der Waals surface area contributed by atoms with Gasteiger partial charge in [0.1, 0.15) is 5.82 Å². The first-order chi connectivity index (χ1) is 12.9. The van der Waals surface area contributed by atoms with Crippen LogP contribution in [0.1, 0.15) is 17.3 Å². The number of rotatable bonds is 7. The van der Waals surface area contributed by atoms with Gasteiger partial charge in [-0.15, -0.1) is 0 Å². The van der Waals surface area contributed by atoms with E-state index in [0.717, 1.165) is 11.8 Å². The normalized spacial score (nSPS) is 11.8. The molecule has 0 radical (unpaired) electrons. The second kappa shape index (κ2) is 7.83. The van der Waals surface area contributed by atoms with Crippen molar-refractivity contribution in [1.82, 2.24) is 14.8 Å². The van der Waals surface area contributed by atoms with Crippen LogP contribution >= 0.6 is 0 Å². The second-order valence-electron chi connectivity index (χ2n) is 6.06. The Morgan fingerprint density at radius 1 is 1.30 bits per heavy atom. The maximum absolute atomic E-state index is 14.2. The summed E-state index contributed by atoms with van der Waals surface area (Å²) in [5.41, 5.74) is 12.5. The smallest absolute Gasteiger partial charge is 0.252 e. The van der Waals surface area contributed by atoms with Crippen LogP contribution in [0.15, 0.2) is 48.8 Å². The van der Waals surface area contributed by atoms with Crippen molar-refractivity contribution in [3.05, 3.63) is 60.2 Å². The van der Waals surface area contributed by atoms with Gasteiger partial charge >= 0.3 is 0 Å². The molecular formula is C18H20FN7O. The quantitative estimate of drug-likeness (QED) is 0.505. The van der Waals surface area contributed by atoms with Crippen molar-refractivity contribution < 1.29 is 9.18 Å². The number of anilines is 3. The van der Waals surface area contributed by atoms with Gasteiger partial charge in [0.2, 0.25) is 0 Å². The van der Waals surface area contributed by atoms with Crippen molar-refractivity contribution in [2.24, 2.45) is 11.5 Å². The highest BCUT2D eigenvalue weighted by Crippen LogP contribution is 2.24. The lowest BCUT2D eigenvalue weighted by Gasteiger charge is -2.14. The van der Waals surface area contributed by atoms with Crippen LogP contribution in [-0.2, 0) is 0 Å². The van der Waals surface area contributed by atoms with Crippen molar-refractivity contribution in [3.63, 3.8) is 0 Å². The first kappa shape index (κ1) is 18.3. The molecule has 6 N–H and O–H groups in total. The predicted molar refractivity (Wildman–Crippen MR) is 102 cm³/mol. The van der Waals surface area contributed by atoms with E-state index in [1.54, 1.807) is 30.1 Å². The largest absolute Gasteiger partial charge is 0.366 e. The number of benzene rings is 1. The van der Waals surface area contributed by atoms with Crippen molar-refractivity contribution in [2.45, 2.75) is 13.0 Å². The van der Waals surface area contributed by atoms with Gasteiger partial charge in [0.25, 0.3) is 5.91 Å².